The number of benzene rings is 1. The SMILES string of the molecule is Cl.O=C(Nc1ccccc1C(=O)NC1CC1)c1cn(C2CCNCC2)nn1. The van der Waals surface area contributed by atoms with Crippen molar-refractivity contribution in [1.82, 2.24) is 25.6 Å². The molecule has 27 heavy (non-hydrogen) atoms. The smallest absolute Gasteiger partial charge is 0.277 e. The van der Waals surface area contributed by atoms with Gasteiger partial charge >= 0.3 is 0 Å². The van der Waals surface area contributed by atoms with Crippen LogP contribution in [-0.2, 0) is 0 Å². The molecule has 1 aliphatic heterocycles. The molecule has 0 atom stereocenters. The summed E-state index contributed by atoms with van der Waals surface area (Å²) >= 11 is 0. The molecule has 1 aliphatic carbocycles. The summed E-state index contributed by atoms with van der Waals surface area (Å²) in [4.78, 5) is 24.9. The molecular weight excluding hydrogens is 368 g/mol. The first kappa shape index (κ1) is 19.3. The quantitative estimate of drug-likeness (QED) is 0.722. The van der Waals surface area contributed by atoms with Crippen molar-refractivity contribution < 1.29 is 9.59 Å². The number of hydrogen-bond acceptors (Lipinski definition) is 5. The zero-order valence-electron chi connectivity index (χ0n) is 14.9. The number of halogens is 1. The van der Waals surface area contributed by atoms with E-state index in [4.69, 9.17) is 0 Å². The number of anilines is 1. The Hall–Kier alpha value is -2.45. The van der Waals surface area contributed by atoms with Crippen LogP contribution in [0.5, 0.6) is 0 Å². The van der Waals surface area contributed by atoms with Crippen LogP contribution in [0.25, 0.3) is 0 Å². The average molecular weight is 391 g/mol. The summed E-state index contributed by atoms with van der Waals surface area (Å²) in [6.07, 6.45) is 5.64. The fourth-order valence-electron chi connectivity index (χ4n) is 3.10. The van der Waals surface area contributed by atoms with E-state index < -0.39 is 0 Å². The van der Waals surface area contributed by atoms with Crippen LogP contribution in [0, 0.1) is 0 Å². The summed E-state index contributed by atoms with van der Waals surface area (Å²) in [5, 5.41) is 17.1. The number of nitrogens with one attached hydrogen (secondary N) is 3. The summed E-state index contributed by atoms with van der Waals surface area (Å²) < 4.78 is 1.77. The Morgan fingerprint density at radius 2 is 1.81 bits per heavy atom. The molecule has 8 nitrogen and oxygen atoms in total. The van der Waals surface area contributed by atoms with Gasteiger partial charge in [-0.25, -0.2) is 4.68 Å². The van der Waals surface area contributed by atoms with E-state index in [0.29, 0.717) is 11.3 Å². The predicted molar refractivity (Wildman–Crippen MR) is 103 cm³/mol. The Kier molecular flexibility index (Phi) is 6.08. The number of aromatic nitrogens is 3. The molecular formula is C18H23ClN6O2. The lowest BCUT2D eigenvalue weighted by molar-refractivity contribution is 0.0952. The number of nitrogens with zero attached hydrogens (tertiary/aromatic N) is 3. The van der Waals surface area contributed by atoms with Crippen molar-refractivity contribution in [1.29, 1.82) is 0 Å². The molecule has 1 aromatic heterocycles. The first-order valence-corrected chi connectivity index (χ1v) is 9.04. The van der Waals surface area contributed by atoms with Gasteiger partial charge in [0.1, 0.15) is 0 Å². The Balaban J connectivity index is 0.00000210. The monoisotopic (exact) mass is 390 g/mol. The highest BCUT2D eigenvalue weighted by molar-refractivity contribution is 6.08. The summed E-state index contributed by atoms with van der Waals surface area (Å²) in [5.41, 5.74) is 1.19. The van der Waals surface area contributed by atoms with E-state index in [1.165, 1.54) is 0 Å². The van der Waals surface area contributed by atoms with Gasteiger partial charge in [0, 0.05) is 6.04 Å². The molecule has 1 saturated heterocycles. The number of amides is 2. The highest BCUT2D eigenvalue weighted by Crippen LogP contribution is 2.22. The van der Waals surface area contributed by atoms with Gasteiger partial charge in [0.05, 0.1) is 23.5 Å². The fraction of sp³-hybridized carbons (Fsp3) is 0.444. The number of carbonyl (C=O) groups is 2. The number of hydrogen-bond donors (Lipinski definition) is 3. The molecule has 2 aromatic rings. The lowest BCUT2D eigenvalue weighted by Gasteiger charge is -2.22. The van der Waals surface area contributed by atoms with Crippen molar-refractivity contribution in [3.8, 4) is 0 Å². The van der Waals surface area contributed by atoms with E-state index >= 15 is 0 Å². The van der Waals surface area contributed by atoms with Crippen LogP contribution in [-0.4, -0.2) is 45.9 Å². The summed E-state index contributed by atoms with van der Waals surface area (Å²) in [6, 6.07) is 7.52. The molecule has 0 spiro atoms. The highest BCUT2D eigenvalue weighted by atomic mass is 35.5. The topological polar surface area (TPSA) is 101 Å². The lowest BCUT2D eigenvalue weighted by Crippen LogP contribution is -2.29. The number of carbonyl (C=O) groups excluding carboxylic acids is 2. The van der Waals surface area contributed by atoms with E-state index in [9.17, 15) is 9.59 Å². The second kappa shape index (κ2) is 8.49. The third-order valence-corrected chi connectivity index (χ3v) is 4.76. The Labute approximate surface area is 163 Å². The molecule has 1 saturated carbocycles. The average Bonchev–Trinajstić information content (AvgIpc) is 3.34. The van der Waals surface area contributed by atoms with Gasteiger partial charge in [-0.3, -0.25) is 9.59 Å². The molecule has 144 valence electrons. The van der Waals surface area contributed by atoms with Gasteiger partial charge in [-0.15, -0.1) is 17.5 Å². The molecule has 0 unspecified atom stereocenters. The maximum absolute atomic E-state index is 12.5. The predicted octanol–water partition coefficient (Wildman–Crippen LogP) is 1.77. The molecule has 2 amide bonds. The van der Waals surface area contributed by atoms with Crippen molar-refractivity contribution in [2.75, 3.05) is 18.4 Å². The summed E-state index contributed by atoms with van der Waals surface area (Å²) in [6.45, 7) is 1.88. The van der Waals surface area contributed by atoms with Crippen LogP contribution in [0.2, 0.25) is 0 Å². The molecule has 2 fully saturated rings. The fourth-order valence-corrected chi connectivity index (χ4v) is 3.10. The van der Waals surface area contributed by atoms with Crippen molar-refractivity contribution in [3.05, 3.63) is 41.7 Å². The first-order chi connectivity index (χ1) is 12.7. The molecule has 0 bridgehead atoms. The van der Waals surface area contributed by atoms with Crippen LogP contribution >= 0.6 is 12.4 Å². The van der Waals surface area contributed by atoms with Gasteiger partial charge in [-0.2, -0.15) is 0 Å². The lowest BCUT2D eigenvalue weighted by atomic mass is 10.1. The van der Waals surface area contributed by atoms with Crippen molar-refractivity contribution in [3.63, 3.8) is 0 Å². The van der Waals surface area contributed by atoms with Gasteiger partial charge in [-0.05, 0) is 50.9 Å². The van der Waals surface area contributed by atoms with Gasteiger partial charge in [-0.1, -0.05) is 17.3 Å². The van der Waals surface area contributed by atoms with E-state index in [1.807, 2.05) is 0 Å². The second-order valence-corrected chi connectivity index (χ2v) is 6.81. The largest absolute Gasteiger partial charge is 0.349 e. The molecule has 0 radical (unpaired) electrons. The zero-order valence-corrected chi connectivity index (χ0v) is 15.7. The molecule has 3 N–H and O–H groups in total. The van der Waals surface area contributed by atoms with Crippen molar-refractivity contribution in [2.24, 2.45) is 0 Å². The normalized spacial score (nSPS) is 17.0. The maximum atomic E-state index is 12.5. The number of para-hydroxylation sites is 1. The van der Waals surface area contributed by atoms with Crippen molar-refractivity contribution >= 4 is 29.9 Å². The Morgan fingerprint density at radius 1 is 1.07 bits per heavy atom. The van der Waals surface area contributed by atoms with E-state index in [-0.39, 0.29) is 42.0 Å². The van der Waals surface area contributed by atoms with Crippen LogP contribution in [0.1, 0.15) is 52.6 Å². The molecule has 2 heterocycles. The number of rotatable bonds is 5. The Bertz CT molecular complexity index is 814. The minimum atomic E-state index is -0.364. The summed E-state index contributed by atoms with van der Waals surface area (Å²) in [5.74, 6) is -0.529. The Morgan fingerprint density at radius 3 is 2.56 bits per heavy atom. The van der Waals surface area contributed by atoms with Crippen LogP contribution < -0.4 is 16.0 Å². The molecule has 4 rings (SSSR count). The molecule has 1 aromatic carbocycles. The van der Waals surface area contributed by atoms with Crippen LogP contribution in [0.15, 0.2) is 30.5 Å². The minimum absolute atomic E-state index is 0. The first-order valence-electron chi connectivity index (χ1n) is 9.04. The summed E-state index contributed by atoms with van der Waals surface area (Å²) in [7, 11) is 0. The third-order valence-electron chi connectivity index (χ3n) is 4.76. The second-order valence-electron chi connectivity index (χ2n) is 6.81. The van der Waals surface area contributed by atoms with Gasteiger partial charge in [0.15, 0.2) is 5.69 Å². The van der Waals surface area contributed by atoms with E-state index in [0.717, 1.165) is 38.8 Å². The van der Waals surface area contributed by atoms with E-state index in [1.54, 1.807) is 35.1 Å². The number of piperidine rings is 1. The molecule has 9 heteroatoms. The standard InChI is InChI=1S/C18H22N6O2.ClH/c25-17(20-12-5-6-12)14-3-1-2-4-15(14)21-18(26)16-11-24(23-22-16)13-7-9-19-10-8-13;/h1-4,11-13,19H,5-10H2,(H,20,25)(H,21,26);1H. The van der Waals surface area contributed by atoms with Crippen molar-refractivity contribution in [2.45, 2.75) is 37.8 Å². The van der Waals surface area contributed by atoms with Gasteiger partial charge in [0.2, 0.25) is 0 Å². The highest BCUT2D eigenvalue weighted by Gasteiger charge is 2.25. The maximum Gasteiger partial charge on any atom is 0.277 e. The van der Waals surface area contributed by atoms with Gasteiger partial charge < -0.3 is 16.0 Å². The van der Waals surface area contributed by atoms with Crippen LogP contribution in [0.3, 0.4) is 0 Å². The van der Waals surface area contributed by atoms with E-state index in [2.05, 4.69) is 26.3 Å². The minimum Gasteiger partial charge on any atom is -0.349 e. The van der Waals surface area contributed by atoms with Crippen LogP contribution in [0.4, 0.5) is 5.69 Å². The van der Waals surface area contributed by atoms with Gasteiger partial charge in [0.25, 0.3) is 11.8 Å². The molecule has 2 aliphatic rings. The zero-order chi connectivity index (χ0) is 17.9. The third kappa shape index (κ3) is 4.64.